The number of aromatic nitrogens is 3. The van der Waals surface area contributed by atoms with E-state index in [4.69, 9.17) is 10.5 Å². The molecule has 0 aliphatic carbocycles. The third kappa shape index (κ3) is 5.13. The monoisotopic (exact) mass is 518 g/mol. The highest BCUT2D eigenvalue weighted by molar-refractivity contribution is 14.1. The van der Waals surface area contributed by atoms with Gasteiger partial charge in [-0.15, -0.1) is 10.2 Å². The smallest absolute Gasteiger partial charge is 0.240 e. The molecular formula is C21H23IN6O2. The summed E-state index contributed by atoms with van der Waals surface area (Å²) in [5.41, 5.74) is 7.74. The minimum absolute atomic E-state index is 0.174. The highest BCUT2D eigenvalue weighted by Crippen LogP contribution is 2.20. The van der Waals surface area contributed by atoms with Gasteiger partial charge in [0.25, 0.3) is 0 Å². The van der Waals surface area contributed by atoms with Gasteiger partial charge >= 0.3 is 0 Å². The molecule has 3 aromatic rings. The average Bonchev–Trinajstić information content (AvgIpc) is 3.16. The van der Waals surface area contributed by atoms with Crippen LogP contribution in [-0.4, -0.2) is 32.7 Å². The van der Waals surface area contributed by atoms with E-state index in [1.807, 2.05) is 36.5 Å². The normalized spacial score (nSPS) is 12.5. The van der Waals surface area contributed by atoms with Gasteiger partial charge < -0.3 is 15.8 Å². The number of nitrogens with zero attached hydrogens (tertiary/aromatic N) is 4. The number of nitrogens with one attached hydrogen (secondary N) is 1. The van der Waals surface area contributed by atoms with Crippen LogP contribution in [0.2, 0.25) is 0 Å². The molecule has 2 heterocycles. The molecule has 2 aromatic heterocycles. The van der Waals surface area contributed by atoms with Crippen LogP contribution in [0, 0.1) is 11.3 Å². The van der Waals surface area contributed by atoms with E-state index in [0.29, 0.717) is 23.6 Å². The van der Waals surface area contributed by atoms with Crippen molar-refractivity contribution in [2.75, 3.05) is 6.61 Å². The summed E-state index contributed by atoms with van der Waals surface area (Å²) in [6, 6.07) is 13.1. The molecular weight excluding hydrogens is 495 g/mol. The highest BCUT2D eigenvalue weighted by atomic mass is 127. The predicted molar refractivity (Wildman–Crippen MR) is 121 cm³/mol. The van der Waals surface area contributed by atoms with Crippen molar-refractivity contribution in [1.29, 1.82) is 5.26 Å². The van der Waals surface area contributed by atoms with E-state index >= 15 is 0 Å². The lowest BCUT2D eigenvalue weighted by Crippen LogP contribution is -2.50. The summed E-state index contributed by atoms with van der Waals surface area (Å²) in [6.07, 6.45) is 1.88. The number of hydrogen-bond acceptors (Lipinski definition) is 6. The van der Waals surface area contributed by atoms with Gasteiger partial charge in [0.2, 0.25) is 5.91 Å². The molecule has 0 fully saturated rings. The number of hydrogen-bond donors (Lipinski definition) is 2. The Hall–Kier alpha value is -2.55. The van der Waals surface area contributed by atoms with Gasteiger partial charge in [0.15, 0.2) is 11.5 Å². The van der Waals surface area contributed by atoms with Crippen molar-refractivity contribution in [2.45, 2.75) is 36.5 Å². The number of nitriles is 1. The highest BCUT2D eigenvalue weighted by Gasteiger charge is 2.28. The summed E-state index contributed by atoms with van der Waals surface area (Å²) in [4.78, 5) is 12.6. The largest absolute Gasteiger partial charge is 0.374 e. The van der Waals surface area contributed by atoms with Gasteiger partial charge in [-0.3, -0.25) is 9.20 Å². The SMILES string of the molecule is CC(C)(N)C(=O)N[C@H](COCc1ccccc1)c1nnc2c(C#N)cc(CI)cn12. The number of halogens is 1. The molecule has 156 valence electrons. The second-order valence-corrected chi connectivity index (χ2v) is 8.27. The van der Waals surface area contributed by atoms with Crippen LogP contribution in [0.15, 0.2) is 42.6 Å². The van der Waals surface area contributed by atoms with Crippen molar-refractivity contribution in [1.82, 2.24) is 19.9 Å². The first kappa shape index (κ1) is 22.1. The standard InChI is InChI=1S/C21H23IN6O2/c1-21(2,24)20(29)25-17(13-30-12-14-6-4-3-5-7-14)19-27-26-18-16(10-23)8-15(9-22)11-28(18)19/h3-8,11,17H,9,12-13,24H2,1-2H3,(H,25,29)/t17-/m1/s1. The molecule has 3 rings (SSSR count). The number of ether oxygens (including phenoxy) is 1. The van der Waals surface area contributed by atoms with E-state index in [0.717, 1.165) is 15.6 Å². The molecule has 1 atom stereocenters. The van der Waals surface area contributed by atoms with Gasteiger partial charge in [-0.2, -0.15) is 5.26 Å². The Bertz CT molecular complexity index is 1070. The lowest BCUT2D eigenvalue weighted by molar-refractivity contribution is -0.126. The minimum Gasteiger partial charge on any atom is -0.374 e. The molecule has 0 saturated carbocycles. The van der Waals surface area contributed by atoms with Gasteiger partial charge in [0.1, 0.15) is 12.1 Å². The fourth-order valence-electron chi connectivity index (χ4n) is 2.85. The third-order valence-corrected chi connectivity index (χ3v) is 5.34. The Balaban J connectivity index is 1.92. The van der Waals surface area contributed by atoms with Gasteiger partial charge in [0, 0.05) is 10.6 Å². The van der Waals surface area contributed by atoms with Crippen LogP contribution in [0.4, 0.5) is 0 Å². The molecule has 1 aromatic carbocycles. The Morgan fingerprint density at radius 2 is 2.07 bits per heavy atom. The van der Waals surface area contributed by atoms with Gasteiger partial charge in [0.05, 0.1) is 24.3 Å². The quantitative estimate of drug-likeness (QED) is 0.350. The van der Waals surface area contributed by atoms with Gasteiger partial charge in [-0.05, 0) is 31.0 Å². The maximum atomic E-state index is 12.6. The molecule has 0 saturated heterocycles. The van der Waals surface area contributed by atoms with Crippen molar-refractivity contribution in [3.63, 3.8) is 0 Å². The zero-order valence-corrected chi connectivity index (χ0v) is 19.0. The fraction of sp³-hybridized carbons (Fsp3) is 0.333. The number of fused-ring (bicyclic) bond motifs is 1. The lowest BCUT2D eigenvalue weighted by Gasteiger charge is -2.23. The van der Waals surface area contributed by atoms with E-state index in [1.54, 1.807) is 24.3 Å². The number of rotatable bonds is 8. The lowest BCUT2D eigenvalue weighted by atomic mass is 10.1. The van der Waals surface area contributed by atoms with E-state index in [1.165, 1.54) is 0 Å². The number of alkyl halides is 1. The molecule has 0 spiro atoms. The zero-order chi connectivity index (χ0) is 21.7. The first-order valence-corrected chi connectivity index (χ1v) is 10.9. The van der Waals surface area contributed by atoms with Crippen LogP contribution in [0.25, 0.3) is 5.65 Å². The Morgan fingerprint density at radius 1 is 1.33 bits per heavy atom. The molecule has 8 nitrogen and oxygen atoms in total. The predicted octanol–water partition coefficient (Wildman–Crippen LogP) is 2.65. The summed E-state index contributed by atoms with van der Waals surface area (Å²) in [7, 11) is 0. The molecule has 30 heavy (non-hydrogen) atoms. The topological polar surface area (TPSA) is 118 Å². The van der Waals surface area contributed by atoms with Crippen molar-refractivity contribution in [3.05, 3.63) is 65.1 Å². The summed E-state index contributed by atoms with van der Waals surface area (Å²) in [5, 5.41) is 20.8. The number of pyridine rings is 1. The van der Waals surface area contributed by atoms with E-state index in [2.05, 4.69) is 44.2 Å². The third-order valence-electron chi connectivity index (χ3n) is 4.46. The second kappa shape index (κ2) is 9.51. The number of benzene rings is 1. The maximum Gasteiger partial charge on any atom is 0.240 e. The second-order valence-electron chi connectivity index (χ2n) is 7.51. The van der Waals surface area contributed by atoms with Crippen LogP contribution in [0.3, 0.4) is 0 Å². The maximum absolute atomic E-state index is 12.6. The van der Waals surface area contributed by atoms with Crippen LogP contribution in [0.1, 0.15) is 42.4 Å². The zero-order valence-electron chi connectivity index (χ0n) is 16.8. The first-order valence-electron chi connectivity index (χ1n) is 9.38. The average molecular weight is 518 g/mol. The number of carbonyl (C=O) groups is 1. The van der Waals surface area contributed by atoms with Crippen LogP contribution < -0.4 is 11.1 Å². The molecule has 9 heteroatoms. The summed E-state index contributed by atoms with van der Waals surface area (Å²) in [6.45, 7) is 3.83. The van der Waals surface area contributed by atoms with Crippen molar-refractivity contribution in [3.8, 4) is 6.07 Å². The molecule has 0 bridgehead atoms. The Morgan fingerprint density at radius 3 is 2.70 bits per heavy atom. The molecule has 3 N–H and O–H groups in total. The van der Waals surface area contributed by atoms with E-state index in [-0.39, 0.29) is 12.5 Å². The van der Waals surface area contributed by atoms with Crippen molar-refractivity contribution >= 4 is 34.1 Å². The van der Waals surface area contributed by atoms with Crippen LogP contribution >= 0.6 is 22.6 Å². The van der Waals surface area contributed by atoms with Crippen LogP contribution in [0.5, 0.6) is 0 Å². The fourth-order valence-corrected chi connectivity index (χ4v) is 3.27. The van der Waals surface area contributed by atoms with E-state index in [9.17, 15) is 10.1 Å². The Kier molecular flexibility index (Phi) is 7.02. The summed E-state index contributed by atoms with van der Waals surface area (Å²) in [5.74, 6) is 0.150. The van der Waals surface area contributed by atoms with Gasteiger partial charge in [-0.25, -0.2) is 0 Å². The Labute approximate surface area is 188 Å². The molecule has 0 unspecified atom stereocenters. The number of nitrogens with two attached hydrogens (primary N) is 1. The number of amides is 1. The van der Waals surface area contributed by atoms with Crippen molar-refractivity contribution in [2.24, 2.45) is 5.73 Å². The molecule has 1 amide bonds. The van der Waals surface area contributed by atoms with Crippen LogP contribution in [-0.2, 0) is 20.6 Å². The van der Waals surface area contributed by atoms with Gasteiger partial charge in [-0.1, -0.05) is 52.9 Å². The molecule has 0 radical (unpaired) electrons. The molecule has 0 aliphatic rings. The van der Waals surface area contributed by atoms with E-state index < -0.39 is 11.6 Å². The minimum atomic E-state index is -1.07. The summed E-state index contributed by atoms with van der Waals surface area (Å²) >= 11 is 2.23. The summed E-state index contributed by atoms with van der Waals surface area (Å²) < 4.78 is 8.34. The first-order chi connectivity index (χ1) is 14.3. The van der Waals surface area contributed by atoms with Crippen molar-refractivity contribution < 1.29 is 9.53 Å². The number of carbonyl (C=O) groups excluding carboxylic acids is 1. The molecule has 0 aliphatic heterocycles.